The van der Waals surface area contributed by atoms with Crippen LogP contribution < -0.4 is 0 Å². The van der Waals surface area contributed by atoms with Crippen LogP contribution in [-0.2, 0) is 9.47 Å². The molecule has 1 aliphatic rings. The molecule has 2 atom stereocenters. The quantitative estimate of drug-likeness (QED) is 0.528. The Balaban J connectivity index is 2.23. The second-order valence-electron chi connectivity index (χ2n) is 2.74. The van der Waals surface area contributed by atoms with Crippen molar-refractivity contribution in [3.63, 3.8) is 0 Å². The molecule has 0 spiro atoms. The van der Waals surface area contributed by atoms with Crippen molar-refractivity contribution in [2.45, 2.75) is 19.4 Å². The molecule has 2 nitrogen and oxygen atoms in total. The zero-order valence-corrected chi connectivity index (χ0v) is 6.09. The number of rotatable bonds is 1. The first-order chi connectivity index (χ1) is 4.33. The molecule has 1 unspecified atom stereocenters. The largest absolute Gasteiger partial charge is 0.379 e. The Morgan fingerprint density at radius 2 is 2.22 bits per heavy atom. The second-order valence-corrected chi connectivity index (χ2v) is 2.74. The van der Waals surface area contributed by atoms with Gasteiger partial charge in [0.2, 0.25) is 0 Å². The minimum atomic E-state index is 0.341. The Kier molecular flexibility index (Phi) is 2.49. The van der Waals surface area contributed by atoms with Crippen molar-refractivity contribution < 1.29 is 9.47 Å². The summed E-state index contributed by atoms with van der Waals surface area (Å²) >= 11 is 0. The molecule has 0 bridgehead atoms. The Labute approximate surface area is 56.2 Å². The van der Waals surface area contributed by atoms with Gasteiger partial charge in [-0.05, 0) is 12.3 Å². The monoisotopic (exact) mass is 130 g/mol. The van der Waals surface area contributed by atoms with E-state index in [1.165, 1.54) is 0 Å². The molecule has 2 heteroatoms. The van der Waals surface area contributed by atoms with Gasteiger partial charge in [0.15, 0.2) is 0 Å². The molecule has 0 saturated carbocycles. The summed E-state index contributed by atoms with van der Waals surface area (Å²) in [7, 11) is 1.74. The van der Waals surface area contributed by atoms with E-state index in [2.05, 4.69) is 6.92 Å². The molecule has 54 valence electrons. The molecule has 0 aromatic heterocycles. The van der Waals surface area contributed by atoms with Gasteiger partial charge in [0.25, 0.3) is 0 Å². The number of methoxy groups -OCH3 is 1. The van der Waals surface area contributed by atoms with Crippen molar-refractivity contribution >= 4 is 0 Å². The third-order valence-electron chi connectivity index (χ3n) is 1.70. The summed E-state index contributed by atoms with van der Waals surface area (Å²) in [6.07, 6.45) is 1.49. The van der Waals surface area contributed by atoms with E-state index in [0.29, 0.717) is 12.0 Å². The van der Waals surface area contributed by atoms with E-state index in [1.807, 2.05) is 0 Å². The van der Waals surface area contributed by atoms with Gasteiger partial charge in [0, 0.05) is 13.7 Å². The first kappa shape index (κ1) is 7.03. The van der Waals surface area contributed by atoms with Gasteiger partial charge in [-0.3, -0.25) is 0 Å². The van der Waals surface area contributed by atoms with Crippen LogP contribution in [0.4, 0.5) is 0 Å². The van der Waals surface area contributed by atoms with Crippen molar-refractivity contribution in [1.82, 2.24) is 0 Å². The molecule has 0 radical (unpaired) electrons. The highest BCUT2D eigenvalue weighted by atomic mass is 16.5. The zero-order valence-electron chi connectivity index (χ0n) is 6.09. The summed E-state index contributed by atoms with van der Waals surface area (Å²) in [5.41, 5.74) is 0. The summed E-state index contributed by atoms with van der Waals surface area (Å²) in [5, 5.41) is 0. The molecular formula is C7H14O2. The first-order valence-corrected chi connectivity index (χ1v) is 3.43. The number of hydrogen-bond donors (Lipinski definition) is 0. The van der Waals surface area contributed by atoms with Crippen LogP contribution in [0, 0.1) is 5.92 Å². The Morgan fingerprint density at radius 1 is 1.44 bits per heavy atom. The molecule has 9 heavy (non-hydrogen) atoms. The lowest BCUT2D eigenvalue weighted by Gasteiger charge is -2.25. The van der Waals surface area contributed by atoms with Crippen molar-refractivity contribution in [1.29, 1.82) is 0 Å². The summed E-state index contributed by atoms with van der Waals surface area (Å²) in [4.78, 5) is 0. The fraction of sp³-hybridized carbons (Fsp3) is 1.00. The molecule has 0 amide bonds. The fourth-order valence-corrected chi connectivity index (χ4v) is 1.15. The van der Waals surface area contributed by atoms with E-state index in [0.717, 1.165) is 19.6 Å². The maximum absolute atomic E-state index is 5.26. The number of hydrogen-bond acceptors (Lipinski definition) is 2. The smallest absolute Gasteiger partial charge is 0.0808 e. The highest BCUT2D eigenvalue weighted by Crippen LogP contribution is 2.14. The predicted molar refractivity (Wildman–Crippen MR) is 35.4 cm³/mol. The molecule has 0 aromatic rings. The van der Waals surface area contributed by atoms with Crippen molar-refractivity contribution in [3.8, 4) is 0 Å². The van der Waals surface area contributed by atoms with Crippen LogP contribution in [0.25, 0.3) is 0 Å². The van der Waals surface area contributed by atoms with Gasteiger partial charge in [-0.2, -0.15) is 0 Å². The predicted octanol–water partition coefficient (Wildman–Crippen LogP) is 1.06. The molecule has 0 N–H and O–H groups in total. The molecule has 1 fully saturated rings. The van der Waals surface area contributed by atoms with Gasteiger partial charge < -0.3 is 9.47 Å². The van der Waals surface area contributed by atoms with Gasteiger partial charge in [-0.25, -0.2) is 0 Å². The fourth-order valence-electron chi connectivity index (χ4n) is 1.15. The van der Waals surface area contributed by atoms with E-state index in [-0.39, 0.29) is 0 Å². The van der Waals surface area contributed by atoms with Gasteiger partial charge in [0.05, 0.1) is 12.7 Å². The Bertz CT molecular complexity index is 83.0. The molecule has 1 heterocycles. The summed E-state index contributed by atoms with van der Waals surface area (Å²) in [6, 6.07) is 0. The molecule has 0 aromatic carbocycles. The first-order valence-electron chi connectivity index (χ1n) is 3.43. The van der Waals surface area contributed by atoms with Crippen molar-refractivity contribution in [2.24, 2.45) is 5.92 Å². The van der Waals surface area contributed by atoms with Crippen molar-refractivity contribution in [2.75, 3.05) is 20.3 Å². The molecular weight excluding hydrogens is 116 g/mol. The van der Waals surface area contributed by atoms with Crippen LogP contribution in [0.5, 0.6) is 0 Å². The highest BCUT2D eigenvalue weighted by molar-refractivity contribution is 4.66. The zero-order chi connectivity index (χ0) is 6.69. The molecule has 0 aliphatic carbocycles. The topological polar surface area (TPSA) is 18.5 Å². The van der Waals surface area contributed by atoms with Gasteiger partial charge >= 0.3 is 0 Å². The van der Waals surface area contributed by atoms with Crippen LogP contribution in [-0.4, -0.2) is 26.4 Å². The lowest BCUT2D eigenvalue weighted by Crippen LogP contribution is -2.29. The van der Waals surface area contributed by atoms with E-state index in [4.69, 9.17) is 9.47 Å². The number of ether oxygens (including phenoxy) is 2. The standard InChI is InChI=1S/C7H14O2/c1-6-3-7(8-2)5-9-4-6/h6-7H,3-5H2,1-2H3/t6-,7?/m1/s1. The van der Waals surface area contributed by atoms with Gasteiger partial charge in [-0.15, -0.1) is 0 Å². The van der Waals surface area contributed by atoms with E-state index in [1.54, 1.807) is 7.11 Å². The molecule has 1 aliphatic heterocycles. The summed E-state index contributed by atoms with van der Waals surface area (Å²) in [5.74, 6) is 0.670. The lowest BCUT2D eigenvalue weighted by molar-refractivity contribution is -0.0515. The summed E-state index contributed by atoms with van der Waals surface area (Å²) < 4.78 is 10.4. The normalized spacial score (nSPS) is 36.7. The highest BCUT2D eigenvalue weighted by Gasteiger charge is 2.17. The Morgan fingerprint density at radius 3 is 2.67 bits per heavy atom. The van der Waals surface area contributed by atoms with E-state index < -0.39 is 0 Å². The van der Waals surface area contributed by atoms with E-state index >= 15 is 0 Å². The third kappa shape index (κ3) is 1.95. The lowest BCUT2D eigenvalue weighted by atomic mass is 10.0. The minimum absolute atomic E-state index is 0.341. The van der Waals surface area contributed by atoms with Crippen LogP contribution in [0.1, 0.15) is 13.3 Å². The van der Waals surface area contributed by atoms with Crippen LogP contribution >= 0.6 is 0 Å². The average molecular weight is 130 g/mol. The van der Waals surface area contributed by atoms with Crippen LogP contribution in [0.15, 0.2) is 0 Å². The van der Waals surface area contributed by atoms with Crippen LogP contribution in [0.2, 0.25) is 0 Å². The average Bonchev–Trinajstić information content (AvgIpc) is 1.88. The minimum Gasteiger partial charge on any atom is -0.379 e. The maximum Gasteiger partial charge on any atom is 0.0808 e. The SMILES string of the molecule is COC1COC[C@H](C)C1. The van der Waals surface area contributed by atoms with Crippen LogP contribution in [0.3, 0.4) is 0 Å². The Hall–Kier alpha value is -0.0800. The van der Waals surface area contributed by atoms with Gasteiger partial charge in [-0.1, -0.05) is 6.92 Å². The second kappa shape index (κ2) is 3.18. The maximum atomic E-state index is 5.26. The van der Waals surface area contributed by atoms with E-state index in [9.17, 15) is 0 Å². The third-order valence-corrected chi connectivity index (χ3v) is 1.70. The van der Waals surface area contributed by atoms with Gasteiger partial charge in [0.1, 0.15) is 0 Å². The summed E-state index contributed by atoms with van der Waals surface area (Å²) in [6.45, 7) is 3.87. The molecule has 1 saturated heterocycles. The molecule has 1 rings (SSSR count). The van der Waals surface area contributed by atoms with Crippen molar-refractivity contribution in [3.05, 3.63) is 0 Å².